The summed E-state index contributed by atoms with van der Waals surface area (Å²) in [5.74, 6) is -0.584. The van der Waals surface area contributed by atoms with E-state index in [-0.39, 0.29) is 6.03 Å². The maximum Gasteiger partial charge on any atom is 0.341 e. The molecule has 0 atom stereocenters. The van der Waals surface area contributed by atoms with Crippen LogP contribution in [-0.4, -0.2) is 34.8 Å². The molecular formula is C21H21N3O4. The third-order valence-electron chi connectivity index (χ3n) is 4.94. The zero-order chi connectivity index (χ0) is 19.7. The molecule has 3 aromatic rings. The highest BCUT2D eigenvalue weighted by atomic mass is 16.5. The number of benzene rings is 2. The van der Waals surface area contributed by atoms with Gasteiger partial charge in [-0.25, -0.2) is 9.59 Å². The number of carboxylic acid groups (broad SMARTS) is 1. The van der Waals surface area contributed by atoms with Crippen molar-refractivity contribution >= 4 is 28.6 Å². The van der Waals surface area contributed by atoms with Gasteiger partial charge in [0.15, 0.2) is 6.61 Å². The summed E-state index contributed by atoms with van der Waals surface area (Å²) in [5.41, 5.74) is 4.55. The minimum atomic E-state index is -1.03. The van der Waals surface area contributed by atoms with Crippen molar-refractivity contribution in [3.63, 3.8) is 0 Å². The van der Waals surface area contributed by atoms with Crippen LogP contribution in [0.25, 0.3) is 10.9 Å². The lowest BCUT2D eigenvalue weighted by molar-refractivity contribution is -0.139. The van der Waals surface area contributed by atoms with Crippen molar-refractivity contribution in [3.05, 3.63) is 59.3 Å². The molecule has 0 radical (unpaired) electrons. The van der Waals surface area contributed by atoms with Crippen molar-refractivity contribution in [2.45, 2.75) is 19.9 Å². The van der Waals surface area contributed by atoms with E-state index in [2.05, 4.69) is 16.7 Å². The van der Waals surface area contributed by atoms with Gasteiger partial charge in [-0.1, -0.05) is 18.2 Å². The van der Waals surface area contributed by atoms with E-state index in [0.717, 1.165) is 35.1 Å². The van der Waals surface area contributed by atoms with E-state index in [0.29, 0.717) is 18.0 Å². The van der Waals surface area contributed by atoms with Crippen molar-refractivity contribution in [2.75, 3.05) is 18.5 Å². The number of rotatable bonds is 4. The number of carbonyl (C=O) groups is 2. The summed E-state index contributed by atoms with van der Waals surface area (Å²) in [6.07, 6.45) is 0.894. The van der Waals surface area contributed by atoms with Crippen molar-refractivity contribution in [1.82, 2.24) is 9.88 Å². The Bertz CT molecular complexity index is 1070. The number of amides is 1. The van der Waals surface area contributed by atoms with Gasteiger partial charge in [0.05, 0.1) is 5.52 Å². The molecule has 28 heavy (non-hydrogen) atoms. The van der Waals surface area contributed by atoms with Crippen LogP contribution in [0, 0.1) is 6.92 Å². The fourth-order valence-corrected chi connectivity index (χ4v) is 3.66. The first-order valence-corrected chi connectivity index (χ1v) is 9.13. The van der Waals surface area contributed by atoms with Gasteiger partial charge in [0.1, 0.15) is 5.75 Å². The number of hydrogen-bond donors (Lipinski definition) is 3. The first-order valence-electron chi connectivity index (χ1n) is 9.13. The molecule has 3 N–H and O–H groups in total. The van der Waals surface area contributed by atoms with Crippen LogP contribution in [0.4, 0.5) is 10.5 Å². The first kappa shape index (κ1) is 18.1. The topological polar surface area (TPSA) is 92.6 Å². The number of aliphatic carboxylic acids is 1. The molecule has 1 aliphatic rings. The smallest absolute Gasteiger partial charge is 0.341 e. The Hall–Kier alpha value is -3.32. The molecule has 0 saturated carbocycles. The number of ether oxygens (including phenoxy) is 1. The molecule has 1 aliphatic heterocycles. The summed E-state index contributed by atoms with van der Waals surface area (Å²) in [5, 5.41) is 16.1. The third kappa shape index (κ3) is 3.32. The van der Waals surface area contributed by atoms with Crippen molar-refractivity contribution in [2.24, 2.45) is 0 Å². The van der Waals surface area contributed by atoms with E-state index in [9.17, 15) is 9.59 Å². The Balaban J connectivity index is 1.64. The predicted octanol–water partition coefficient (Wildman–Crippen LogP) is 3.14. The summed E-state index contributed by atoms with van der Waals surface area (Å²) in [6, 6.07) is 12.8. The van der Waals surface area contributed by atoms with Crippen LogP contribution in [0.3, 0.4) is 0 Å². The summed E-state index contributed by atoms with van der Waals surface area (Å²) in [4.78, 5) is 23.8. The number of carboxylic acids is 1. The quantitative estimate of drug-likeness (QED) is 0.648. The molecule has 1 aromatic heterocycles. The normalized spacial score (nSPS) is 13.2. The molecule has 0 saturated heterocycles. The maximum atomic E-state index is 13.1. The Morgan fingerprint density at radius 3 is 2.86 bits per heavy atom. The Labute approximate surface area is 161 Å². The molecule has 2 heterocycles. The number of carbonyl (C=O) groups excluding carboxylic acids is 1. The SMILES string of the molecule is Cc1cc(OCC(=O)O)ccc1NC(=O)n1c2c(c3ccccc31)CCNC2. The van der Waals surface area contributed by atoms with E-state index in [1.807, 2.05) is 25.1 Å². The number of aryl methyl sites for hydroxylation is 1. The largest absolute Gasteiger partial charge is 0.482 e. The molecule has 1 amide bonds. The maximum absolute atomic E-state index is 13.1. The monoisotopic (exact) mass is 379 g/mol. The summed E-state index contributed by atoms with van der Waals surface area (Å²) >= 11 is 0. The van der Waals surface area contributed by atoms with Gasteiger partial charge in [-0.15, -0.1) is 0 Å². The molecular weight excluding hydrogens is 358 g/mol. The average molecular weight is 379 g/mol. The fraction of sp³-hybridized carbons (Fsp3) is 0.238. The lowest BCUT2D eigenvalue weighted by Crippen LogP contribution is -2.29. The molecule has 2 aromatic carbocycles. The van der Waals surface area contributed by atoms with Crippen LogP contribution in [0.15, 0.2) is 42.5 Å². The average Bonchev–Trinajstić information content (AvgIpc) is 3.03. The molecule has 0 aliphatic carbocycles. The van der Waals surface area contributed by atoms with Gasteiger partial charge in [-0.2, -0.15) is 0 Å². The van der Waals surface area contributed by atoms with Gasteiger partial charge < -0.3 is 20.5 Å². The van der Waals surface area contributed by atoms with E-state index < -0.39 is 12.6 Å². The number of hydrogen-bond acceptors (Lipinski definition) is 4. The Kier molecular flexibility index (Phi) is 4.75. The lowest BCUT2D eigenvalue weighted by Gasteiger charge is -2.17. The number of anilines is 1. The van der Waals surface area contributed by atoms with Crippen LogP contribution in [0.2, 0.25) is 0 Å². The number of fused-ring (bicyclic) bond motifs is 3. The van der Waals surface area contributed by atoms with Crippen LogP contribution in [-0.2, 0) is 17.8 Å². The van der Waals surface area contributed by atoms with E-state index in [1.165, 1.54) is 5.56 Å². The second-order valence-electron chi connectivity index (χ2n) is 6.79. The van der Waals surface area contributed by atoms with Gasteiger partial charge in [0.25, 0.3) is 0 Å². The zero-order valence-electron chi connectivity index (χ0n) is 15.5. The molecule has 0 unspecified atom stereocenters. The lowest BCUT2D eigenvalue weighted by atomic mass is 10.1. The number of nitrogens with zero attached hydrogens (tertiary/aromatic N) is 1. The van der Waals surface area contributed by atoms with Crippen LogP contribution in [0.1, 0.15) is 16.8 Å². The summed E-state index contributed by atoms with van der Waals surface area (Å²) in [7, 11) is 0. The highest BCUT2D eigenvalue weighted by Crippen LogP contribution is 2.29. The minimum absolute atomic E-state index is 0.219. The summed E-state index contributed by atoms with van der Waals surface area (Å²) in [6.45, 7) is 2.99. The van der Waals surface area contributed by atoms with Crippen LogP contribution >= 0.6 is 0 Å². The van der Waals surface area contributed by atoms with Crippen molar-refractivity contribution < 1.29 is 19.4 Å². The van der Waals surface area contributed by atoms with Crippen LogP contribution in [0.5, 0.6) is 5.75 Å². The van der Waals surface area contributed by atoms with Gasteiger partial charge in [-0.3, -0.25) is 4.57 Å². The summed E-state index contributed by atoms with van der Waals surface area (Å²) < 4.78 is 6.93. The Morgan fingerprint density at radius 1 is 1.25 bits per heavy atom. The van der Waals surface area contributed by atoms with Crippen LogP contribution < -0.4 is 15.4 Å². The zero-order valence-corrected chi connectivity index (χ0v) is 15.5. The highest BCUT2D eigenvalue weighted by molar-refractivity contribution is 6.01. The third-order valence-corrected chi connectivity index (χ3v) is 4.94. The standard InChI is InChI=1S/C21H21N3O4/c1-13-10-14(28-12-20(25)26)6-7-17(13)23-21(27)24-18-5-3-2-4-15(18)16-8-9-22-11-19(16)24/h2-7,10,22H,8-9,11-12H2,1H3,(H,23,27)(H,25,26). The molecule has 4 rings (SSSR count). The number of aromatic nitrogens is 1. The fourth-order valence-electron chi connectivity index (χ4n) is 3.66. The molecule has 7 heteroatoms. The Morgan fingerprint density at radius 2 is 2.07 bits per heavy atom. The van der Waals surface area contributed by atoms with Crippen molar-refractivity contribution in [3.8, 4) is 5.75 Å². The predicted molar refractivity (Wildman–Crippen MR) is 106 cm³/mol. The second kappa shape index (κ2) is 7.36. The van der Waals surface area contributed by atoms with E-state index in [1.54, 1.807) is 22.8 Å². The first-order chi connectivity index (χ1) is 13.5. The number of para-hydroxylation sites is 1. The second-order valence-corrected chi connectivity index (χ2v) is 6.79. The molecule has 0 spiro atoms. The van der Waals surface area contributed by atoms with E-state index in [4.69, 9.17) is 9.84 Å². The molecule has 0 fully saturated rings. The number of nitrogens with one attached hydrogen (secondary N) is 2. The molecule has 7 nitrogen and oxygen atoms in total. The highest BCUT2D eigenvalue weighted by Gasteiger charge is 2.23. The molecule has 144 valence electrons. The van der Waals surface area contributed by atoms with Gasteiger partial charge in [0, 0.05) is 23.3 Å². The van der Waals surface area contributed by atoms with Crippen molar-refractivity contribution in [1.29, 1.82) is 0 Å². The van der Waals surface area contributed by atoms with Gasteiger partial charge in [-0.05, 0) is 55.3 Å². The van der Waals surface area contributed by atoms with E-state index >= 15 is 0 Å². The minimum Gasteiger partial charge on any atom is -0.482 e. The van der Waals surface area contributed by atoms with Gasteiger partial charge in [0.2, 0.25) is 0 Å². The van der Waals surface area contributed by atoms with Gasteiger partial charge >= 0.3 is 12.0 Å². The molecule has 0 bridgehead atoms.